The van der Waals surface area contributed by atoms with Crippen LogP contribution in [0.1, 0.15) is 70.0 Å². The number of phenolic OH excluding ortho intramolecular Hbond substituents is 1. The molecule has 3 aromatic rings. The first-order valence-electron chi connectivity index (χ1n) is 12.4. The van der Waals surface area contributed by atoms with Crippen LogP contribution in [0.3, 0.4) is 0 Å². The fourth-order valence-electron chi connectivity index (χ4n) is 4.94. The molecule has 1 atom stereocenters. The minimum absolute atomic E-state index is 0.0434. The van der Waals surface area contributed by atoms with Crippen molar-refractivity contribution in [2.75, 3.05) is 31.1 Å². The maximum atomic E-state index is 11.3. The van der Waals surface area contributed by atoms with E-state index in [1.54, 1.807) is 0 Å². The number of para-hydroxylation sites is 1. The van der Waals surface area contributed by atoms with Crippen LogP contribution in [0, 0.1) is 0 Å². The predicted octanol–water partition coefficient (Wildman–Crippen LogP) is 6.29. The van der Waals surface area contributed by atoms with E-state index in [4.69, 9.17) is 4.98 Å². The molecule has 0 aliphatic carbocycles. The Balaban J connectivity index is 1.76. The zero-order valence-corrected chi connectivity index (χ0v) is 21.5. The summed E-state index contributed by atoms with van der Waals surface area (Å²) < 4.78 is 0. The molecule has 0 amide bonds. The number of aromatic nitrogens is 1. The monoisotopic (exact) mass is 457 g/mol. The molecule has 4 nitrogen and oxygen atoms in total. The van der Waals surface area contributed by atoms with Gasteiger partial charge in [0.15, 0.2) is 0 Å². The van der Waals surface area contributed by atoms with Crippen molar-refractivity contribution in [3.05, 3.63) is 89.2 Å². The Labute approximate surface area is 205 Å². The molecule has 180 valence electrons. The fraction of sp³-hybridized carbons (Fsp3) is 0.433. The van der Waals surface area contributed by atoms with E-state index in [0.717, 1.165) is 43.0 Å². The molecule has 4 rings (SSSR count). The van der Waals surface area contributed by atoms with E-state index in [1.165, 1.54) is 11.3 Å². The molecule has 2 heterocycles. The van der Waals surface area contributed by atoms with Crippen molar-refractivity contribution in [2.24, 2.45) is 0 Å². The topological polar surface area (TPSA) is 39.6 Å². The van der Waals surface area contributed by atoms with Crippen molar-refractivity contribution >= 4 is 5.69 Å². The summed E-state index contributed by atoms with van der Waals surface area (Å²) in [4.78, 5) is 9.81. The van der Waals surface area contributed by atoms with Crippen LogP contribution in [0.2, 0.25) is 0 Å². The molecule has 2 aromatic carbocycles. The van der Waals surface area contributed by atoms with E-state index in [9.17, 15) is 5.11 Å². The Bertz CT molecular complexity index is 1050. The summed E-state index contributed by atoms with van der Waals surface area (Å²) in [5.41, 5.74) is 5.21. The van der Waals surface area contributed by atoms with E-state index < -0.39 is 0 Å². The summed E-state index contributed by atoms with van der Waals surface area (Å²) in [5.74, 6) is 0.428. The Kier molecular flexibility index (Phi) is 6.73. The average molecular weight is 458 g/mol. The minimum Gasteiger partial charge on any atom is -0.507 e. The van der Waals surface area contributed by atoms with Gasteiger partial charge in [-0.1, -0.05) is 65.8 Å². The van der Waals surface area contributed by atoms with Crippen LogP contribution in [0.4, 0.5) is 5.69 Å². The lowest BCUT2D eigenvalue weighted by Gasteiger charge is -2.41. The molecule has 1 aliphatic heterocycles. The predicted molar refractivity (Wildman–Crippen MR) is 142 cm³/mol. The fourth-order valence-corrected chi connectivity index (χ4v) is 4.94. The lowest BCUT2D eigenvalue weighted by Crippen LogP contribution is -2.48. The lowest BCUT2D eigenvalue weighted by molar-refractivity contribution is 0.208. The van der Waals surface area contributed by atoms with Crippen molar-refractivity contribution < 1.29 is 5.11 Å². The van der Waals surface area contributed by atoms with Crippen molar-refractivity contribution in [3.8, 4) is 5.75 Å². The first-order chi connectivity index (χ1) is 16.1. The van der Waals surface area contributed by atoms with Crippen LogP contribution in [-0.4, -0.2) is 41.2 Å². The third-order valence-electron chi connectivity index (χ3n) is 6.83. The molecule has 1 saturated heterocycles. The highest BCUT2D eigenvalue weighted by Gasteiger charge is 2.32. The van der Waals surface area contributed by atoms with Crippen LogP contribution in [0.25, 0.3) is 0 Å². The second kappa shape index (κ2) is 9.42. The first-order valence-corrected chi connectivity index (χ1v) is 12.4. The molecule has 1 aliphatic rings. The third kappa shape index (κ3) is 5.12. The van der Waals surface area contributed by atoms with Crippen molar-refractivity contribution in [2.45, 2.75) is 58.4 Å². The summed E-state index contributed by atoms with van der Waals surface area (Å²) in [5, 5.41) is 11.3. The standard InChI is InChI=1S/C30H39N3O/c1-29(2,3)24-20-22(21-25(28(24)34)30(4,5)6)27(26-14-10-11-15-31-26)33-18-16-32(17-19-33)23-12-8-7-9-13-23/h7-15,20-21,27,34H,16-19H2,1-6H3. The quantitative estimate of drug-likeness (QED) is 0.499. The van der Waals surface area contributed by atoms with Gasteiger partial charge in [0, 0.05) is 38.1 Å². The average Bonchev–Trinajstić information content (AvgIpc) is 2.80. The maximum Gasteiger partial charge on any atom is 0.123 e. The highest BCUT2D eigenvalue weighted by atomic mass is 16.3. The van der Waals surface area contributed by atoms with Gasteiger partial charge in [-0.25, -0.2) is 0 Å². The summed E-state index contributed by atoms with van der Waals surface area (Å²) in [6.45, 7) is 16.9. The van der Waals surface area contributed by atoms with E-state index in [-0.39, 0.29) is 16.9 Å². The van der Waals surface area contributed by atoms with Gasteiger partial charge in [-0.2, -0.15) is 0 Å². The molecule has 4 heteroatoms. The van der Waals surface area contributed by atoms with Gasteiger partial charge < -0.3 is 10.0 Å². The molecule has 0 saturated carbocycles. The Hall–Kier alpha value is -2.85. The number of phenols is 1. The van der Waals surface area contributed by atoms with Crippen molar-refractivity contribution in [1.29, 1.82) is 0 Å². The van der Waals surface area contributed by atoms with Gasteiger partial charge in [-0.15, -0.1) is 0 Å². The summed E-state index contributed by atoms with van der Waals surface area (Å²) in [7, 11) is 0. The first kappa shape index (κ1) is 24.3. The SMILES string of the molecule is CC(C)(C)c1cc(C(c2ccccn2)N2CCN(c3ccccc3)CC2)cc(C(C)(C)C)c1O. The molecule has 34 heavy (non-hydrogen) atoms. The van der Waals surface area contributed by atoms with E-state index >= 15 is 0 Å². The molecule has 1 N–H and O–H groups in total. The highest BCUT2D eigenvalue weighted by molar-refractivity contribution is 5.52. The maximum absolute atomic E-state index is 11.3. The minimum atomic E-state index is -0.166. The summed E-state index contributed by atoms with van der Waals surface area (Å²) in [6.07, 6.45) is 1.89. The molecular weight excluding hydrogens is 418 g/mol. The largest absolute Gasteiger partial charge is 0.507 e. The molecule has 0 spiro atoms. The molecule has 1 fully saturated rings. The Morgan fingerprint density at radius 1 is 0.765 bits per heavy atom. The van der Waals surface area contributed by atoms with Crippen molar-refractivity contribution in [3.63, 3.8) is 0 Å². The summed E-state index contributed by atoms with van der Waals surface area (Å²) >= 11 is 0. The van der Waals surface area contributed by atoms with E-state index in [0.29, 0.717) is 5.75 Å². The normalized spacial score (nSPS) is 16.5. The van der Waals surface area contributed by atoms with Gasteiger partial charge in [0.05, 0.1) is 11.7 Å². The lowest BCUT2D eigenvalue weighted by atomic mass is 9.77. The summed E-state index contributed by atoms with van der Waals surface area (Å²) in [6, 6.07) is 21.3. The number of anilines is 1. The van der Waals surface area contributed by atoms with E-state index in [1.807, 2.05) is 12.3 Å². The number of nitrogens with zero attached hydrogens (tertiary/aromatic N) is 3. The Morgan fingerprint density at radius 3 is 1.82 bits per heavy atom. The molecule has 1 aromatic heterocycles. The highest BCUT2D eigenvalue weighted by Crippen LogP contribution is 2.42. The van der Waals surface area contributed by atoms with Gasteiger partial charge in [0.25, 0.3) is 0 Å². The number of benzene rings is 2. The van der Waals surface area contributed by atoms with Crippen LogP contribution >= 0.6 is 0 Å². The van der Waals surface area contributed by atoms with Crippen molar-refractivity contribution in [1.82, 2.24) is 9.88 Å². The second-order valence-corrected chi connectivity index (χ2v) is 11.5. The van der Waals surface area contributed by atoms with Gasteiger partial charge in [-0.05, 0) is 63.9 Å². The molecule has 0 bridgehead atoms. The van der Waals surface area contributed by atoms with Crippen LogP contribution in [0.5, 0.6) is 5.75 Å². The Morgan fingerprint density at radius 2 is 1.32 bits per heavy atom. The molecule has 0 radical (unpaired) electrons. The van der Waals surface area contributed by atoms with E-state index in [2.05, 4.69) is 106 Å². The molecule has 1 unspecified atom stereocenters. The zero-order chi connectivity index (χ0) is 24.5. The van der Waals surface area contributed by atoms with Gasteiger partial charge in [0.2, 0.25) is 0 Å². The number of aromatic hydroxyl groups is 1. The zero-order valence-electron chi connectivity index (χ0n) is 21.5. The smallest absolute Gasteiger partial charge is 0.123 e. The van der Waals surface area contributed by atoms with Crippen LogP contribution < -0.4 is 4.90 Å². The number of piperazine rings is 1. The number of hydrogen-bond donors (Lipinski definition) is 1. The number of pyridine rings is 1. The third-order valence-corrected chi connectivity index (χ3v) is 6.83. The second-order valence-electron chi connectivity index (χ2n) is 11.5. The van der Waals surface area contributed by atoms with Gasteiger partial charge >= 0.3 is 0 Å². The van der Waals surface area contributed by atoms with Crippen LogP contribution in [-0.2, 0) is 10.8 Å². The van der Waals surface area contributed by atoms with Gasteiger partial charge in [-0.3, -0.25) is 9.88 Å². The number of rotatable bonds is 4. The molecular formula is C30H39N3O. The van der Waals surface area contributed by atoms with Crippen LogP contribution in [0.15, 0.2) is 66.9 Å². The van der Waals surface area contributed by atoms with Gasteiger partial charge in [0.1, 0.15) is 5.75 Å². The number of hydrogen-bond acceptors (Lipinski definition) is 4.